The Morgan fingerprint density at radius 2 is 0.667 bits per heavy atom. The minimum Gasteiger partial charge on any atom is -0.478 e. The average molecular weight is 304 g/mol. The standard InChI is InChI=1S/2C3H4O2.8FH/c2*1-2-3(4)5;;;;;;;;/h2*2H,1H2,(H,4,5);8*1H. The van der Waals surface area contributed by atoms with Crippen molar-refractivity contribution in [1.82, 2.24) is 0 Å². The van der Waals surface area contributed by atoms with Crippen molar-refractivity contribution >= 4 is 11.9 Å². The largest absolute Gasteiger partial charge is 0.478 e. The summed E-state index contributed by atoms with van der Waals surface area (Å²) >= 11 is 0. The molecule has 0 bridgehead atoms. The van der Waals surface area contributed by atoms with Gasteiger partial charge in [0.1, 0.15) is 0 Å². The van der Waals surface area contributed by atoms with Crippen LogP contribution in [0.4, 0.5) is 37.6 Å². The maximum Gasteiger partial charge on any atom is 0.327 e. The van der Waals surface area contributed by atoms with E-state index in [-0.39, 0.29) is 37.6 Å². The Balaban J connectivity index is -0.00000000615. The lowest BCUT2D eigenvalue weighted by molar-refractivity contribution is -0.132. The average Bonchev–Trinajstić information content (AvgIpc) is 1.89. The SMILES string of the molecule is C=CC(=O)O.C=CC(=O)O.F.F.F.F.F.F.F.F. The fraction of sp³-hybridized carbons (Fsp3) is 0. The van der Waals surface area contributed by atoms with Crippen molar-refractivity contribution in [1.29, 1.82) is 0 Å². The summed E-state index contributed by atoms with van der Waals surface area (Å²) in [6.07, 6.45) is 1.67. The monoisotopic (exact) mass is 304 g/mol. The van der Waals surface area contributed by atoms with Crippen LogP contribution in [0.1, 0.15) is 0 Å². The van der Waals surface area contributed by atoms with E-state index in [0.29, 0.717) is 0 Å². The topological polar surface area (TPSA) is 74.6 Å². The van der Waals surface area contributed by atoms with E-state index in [1.807, 2.05) is 0 Å². The predicted molar refractivity (Wildman–Crippen MR) is 55.7 cm³/mol. The lowest BCUT2D eigenvalue weighted by Crippen LogP contribution is -1.82. The van der Waals surface area contributed by atoms with Gasteiger partial charge in [-0.15, -0.1) is 0 Å². The summed E-state index contributed by atoms with van der Waals surface area (Å²) in [5.74, 6) is -1.96. The van der Waals surface area contributed by atoms with Crippen LogP contribution in [0.3, 0.4) is 0 Å². The van der Waals surface area contributed by atoms with Crippen molar-refractivity contribution in [3.8, 4) is 0 Å². The number of carboxylic acid groups (broad SMARTS) is 2. The first-order valence-electron chi connectivity index (χ1n) is 2.25. The van der Waals surface area contributed by atoms with Gasteiger partial charge in [0.25, 0.3) is 0 Å². The summed E-state index contributed by atoms with van der Waals surface area (Å²) in [7, 11) is 0. The summed E-state index contributed by atoms with van der Waals surface area (Å²) in [6.45, 7) is 5.92. The molecule has 0 saturated carbocycles. The molecule has 0 aliphatic rings. The molecule has 0 aromatic carbocycles. The third-order valence-corrected chi connectivity index (χ3v) is 0.349. The van der Waals surface area contributed by atoms with Crippen molar-refractivity contribution in [3.05, 3.63) is 25.3 Å². The molecule has 18 heavy (non-hydrogen) atoms. The lowest BCUT2D eigenvalue weighted by Gasteiger charge is -1.64. The smallest absolute Gasteiger partial charge is 0.327 e. The quantitative estimate of drug-likeness (QED) is 0.602. The maximum atomic E-state index is 9.25. The van der Waals surface area contributed by atoms with Gasteiger partial charge in [0, 0.05) is 12.2 Å². The van der Waals surface area contributed by atoms with Gasteiger partial charge >= 0.3 is 11.9 Å². The van der Waals surface area contributed by atoms with Gasteiger partial charge in [-0.25, -0.2) is 9.59 Å². The molecule has 0 rings (SSSR count). The first-order chi connectivity index (χ1) is 4.54. The van der Waals surface area contributed by atoms with E-state index in [2.05, 4.69) is 13.2 Å². The normalized spacial score (nSPS) is 3.56. The molecule has 0 aromatic rings. The van der Waals surface area contributed by atoms with E-state index in [0.717, 1.165) is 12.2 Å². The Labute approximate surface area is 95.9 Å². The highest BCUT2D eigenvalue weighted by atomic mass is 19.0. The van der Waals surface area contributed by atoms with Crippen LogP contribution in [0.25, 0.3) is 0 Å². The van der Waals surface area contributed by atoms with Crippen LogP contribution in [0.2, 0.25) is 0 Å². The van der Waals surface area contributed by atoms with Crippen molar-refractivity contribution < 1.29 is 57.4 Å². The maximum absolute atomic E-state index is 9.25. The molecule has 0 heterocycles. The van der Waals surface area contributed by atoms with Gasteiger partial charge < -0.3 is 10.2 Å². The molecule has 0 amide bonds. The number of carboxylic acids is 2. The third-order valence-electron chi connectivity index (χ3n) is 0.349. The van der Waals surface area contributed by atoms with Crippen LogP contribution >= 0.6 is 0 Å². The molecule has 0 aromatic heterocycles. The zero-order valence-electron chi connectivity index (χ0n) is 8.55. The molecule has 0 unspecified atom stereocenters. The molecule has 0 fully saturated rings. The fourth-order valence-corrected chi connectivity index (χ4v) is 0. The highest BCUT2D eigenvalue weighted by Crippen LogP contribution is 1.55. The van der Waals surface area contributed by atoms with Gasteiger partial charge in [-0.1, -0.05) is 13.2 Å². The highest BCUT2D eigenvalue weighted by Gasteiger charge is 1.73. The van der Waals surface area contributed by atoms with Gasteiger partial charge in [0.2, 0.25) is 0 Å². The minimum absolute atomic E-state index is 0. The summed E-state index contributed by atoms with van der Waals surface area (Å²) in [5.41, 5.74) is 0. The van der Waals surface area contributed by atoms with Crippen molar-refractivity contribution in [2.75, 3.05) is 0 Å². The second kappa shape index (κ2) is 83.1. The van der Waals surface area contributed by atoms with E-state index in [1.165, 1.54) is 0 Å². The van der Waals surface area contributed by atoms with E-state index < -0.39 is 11.9 Å². The third kappa shape index (κ3) is 663. The summed E-state index contributed by atoms with van der Waals surface area (Å²) in [6, 6.07) is 0. The van der Waals surface area contributed by atoms with Crippen LogP contribution in [0.15, 0.2) is 25.3 Å². The zero-order chi connectivity index (χ0) is 8.57. The van der Waals surface area contributed by atoms with Crippen LogP contribution in [-0.4, -0.2) is 22.2 Å². The Hall–Kier alpha value is -2.14. The van der Waals surface area contributed by atoms with Gasteiger partial charge in [-0.2, -0.15) is 0 Å². The molecule has 120 valence electrons. The summed E-state index contributed by atoms with van der Waals surface area (Å²) < 4.78 is 0. The molecule has 0 radical (unpaired) electrons. The van der Waals surface area contributed by atoms with Gasteiger partial charge in [0.05, 0.1) is 0 Å². The van der Waals surface area contributed by atoms with Gasteiger partial charge in [0.15, 0.2) is 0 Å². The number of carbonyl (C=O) groups is 2. The second-order valence-corrected chi connectivity index (χ2v) is 1.08. The molecule has 0 aliphatic carbocycles. The molecule has 2 N–H and O–H groups in total. The lowest BCUT2D eigenvalue weighted by atomic mass is 10.7. The molecule has 4 nitrogen and oxygen atoms in total. The number of hydrogen-bond acceptors (Lipinski definition) is 2. The van der Waals surface area contributed by atoms with Crippen molar-refractivity contribution in [3.63, 3.8) is 0 Å². The molecule has 12 heteroatoms. The van der Waals surface area contributed by atoms with Crippen LogP contribution < -0.4 is 0 Å². The number of aliphatic carboxylic acids is 2. The second-order valence-electron chi connectivity index (χ2n) is 1.08. The molecule has 0 saturated heterocycles. The predicted octanol–water partition coefficient (Wildman–Crippen LogP) is 1.73. The van der Waals surface area contributed by atoms with Crippen molar-refractivity contribution in [2.24, 2.45) is 0 Å². The van der Waals surface area contributed by atoms with Gasteiger partial charge in [-0.3, -0.25) is 37.6 Å². The van der Waals surface area contributed by atoms with Crippen LogP contribution in [-0.2, 0) is 9.59 Å². The molecular formula is C6H16F8O4. The Morgan fingerprint density at radius 1 is 0.611 bits per heavy atom. The first-order valence-corrected chi connectivity index (χ1v) is 2.25. The van der Waals surface area contributed by atoms with E-state index in [1.54, 1.807) is 0 Å². The Morgan fingerprint density at radius 3 is 0.667 bits per heavy atom. The molecule has 0 atom stereocenters. The Kier molecular flexibility index (Phi) is 471. The van der Waals surface area contributed by atoms with Gasteiger partial charge in [-0.05, 0) is 0 Å². The number of halogens is 8. The van der Waals surface area contributed by atoms with E-state index >= 15 is 0 Å². The first kappa shape index (κ1) is 102. The number of rotatable bonds is 2. The molecular weight excluding hydrogens is 288 g/mol. The molecule has 0 spiro atoms. The van der Waals surface area contributed by atoms with E-state index in [9.17, 15) is 9.59 Å². The highest BCUT2D eigenvalue weighted by molar-refractivity contribution is 5.79. The number of hydrogen-bond donors (Lipinski definition) is 2. The van der Waals surface area contributed by atoms with Crippen LogP contribution in [0.5, 0.6) is 0 Å². The minimum atomic E-state index is -0.981. The van der Waals surface area contributed by atoms with Crippen LogP contribution in [0, 0.1) is 0 Å². The van der Waals surface area contributed by atoms with Crippen molar-refractivity contribution in [2.45, 2.75) is 0 Å². The molecule has 0 aliphatic heterocycles. The zero-order valence-corrected chi connectivity index (χ0v) is 8.55. The summed E-state index contributed by atoms with van der Waals surface area (Å²) in [4.78, 5) is 18.5. The fourth-order valence-electron chi connectivity index (χ4n) is 0. The Bertz CT molecular complexity index is 148. The summed E-state index contributed by atoms with van der Waals surface area (Å²) in [5, 5.41) is 15.2. The van der Waals surface area contributed by atoms with E-state index in [4.69, 9.17) is 10.2 Å².